The number of nitrogens with zero attached hydrogens (tertiary/aromatic N) is 2. The molecule has 5 nitrogen and oxygen atoms in total. The fraction of sp³-hybridized carbons (Fsp3) is 0.143. The average molecular weight is 416 g/mol. The summed E-state index contributed by atoms with van der Waals surface area (Å²) in [6.45, 7) is 2.26. The van der Waals surface area contributed by atoms with Crippen LogP contribution in [0.5, 0.6) is 17.2 Å². The van der Waals surface area contributed by atoms with Crippen molar-refractivity contribution < 1.29 is 14.9 Å². The molecule has 1 aromatic carbocycles. The van der Waals surface area contributed by atoms with Gasteiger partial charge in [-0.05, 0) is 57.0 Å². The van der Waals surface area contributed by atoms with Crippen molar-refractivity contribution >= 4 is 43.9 Å². The molecule has 0 aliphatic heterocycles. The Morgan fingerprint density at radius 2 is 2.14 bits per heavy atom. The molecule has 1 aromatic heterocycles. The van der Waals surface area contributed by atoms with Crippen LogP contribution in [0.3, 0.4) is 0 Å². The monoisotopic (exact) mass is 414 g/mol. The van der Waals surface area contributed by atoms with Gasteiger partial charge >= 0.3 is 0 Å². The normalized spacial score (nSPS) is 11.0. The summed E-state index contributed by atoms with van der Waals surface area (Å²) in [5, 5.41) is 19.9. The Bertz CT molecular complexity index is 690. The smallest absolute Gasteiger partial charge is 0.194 e. The molecule has 0 amide bonds. The molecule has 0 aliphatic rings. The van der Waals surface area contributed by atoms with Crippen LogP contribution in [0, 0.1) is 0 Å². The fourth-order valence-electron chi connectivity index (χ4n) is 1.61. The largest absolute Gasteiger partial charge is 0.504 e. The Labute approximate surface area is 138 Å². The molecule has 2 N–H and O–H groups in total. The highest BCUT2D eigenvalue weighted by Crippen LogP contribution is 2.40. The lowest BCUT2D eigenvalue weighted by molar-refractivity contribution is 0.317. The summed E-state index contributed by atoms with van der Waals surface area (Å²) < 4.78 is 6.71. The maximum absolute atomic E-state index is 10.2. The number of phenolic OH excluding ortho intramolecular Hbond substituents is 1. The molecule has 0 radical (unpaired) electrons. The van der Waals surface area contributed by atoms with Gasteiger partial charge in [-0.15, -0.1) is 0 Å². The van der Waals surface area contributed by atoms with Crippen LogP contribution < -0.4 is 4.74 Å². The quantitative estimate of drug-likeness (QED) is 0.735. The Morgan fingerprint density at radius 3 is 2.81 bits per heavy atom. The standard InChI is InChI=1S/C14H12Br2N2O3/c1-2-21-11-6-9(15)12(16)8(13(11)20)7-18-14-10(19)4-3-5-17-14/h3-7,19-20H,2H2,1H3/b18-7+. The highest BCUT2D eigenvalue weighted by Gasteiger charge is 2.14. The topological polar surface area (TPSA) is 74.9 Å². The molecule has 0 saturated carbocycles. The third-order valence-corrected chi connectivity index (χ3v) is 4.59. The second-order valence-corrected chi connectivity index (χ2v) is 5.62. The predicted octanol–water partition coefficient (Wildman–Crippen LogP) is 4.17. The zero-order chi connectivity index (χ0) is 15.4. The van der Waals surface area contributed by atoms with E-state index in [1.165, 1.54) is 18.5 Å². The van der Waals surface area contributed by atoms with Gasteiger partial charge in [0.1, 0.15) is 0 Å². The van der Waals surface area contributed by atoms with Crippen LogP contribution >= 0.6 is 31.9 Å². The molecule has 0 atom stereocenters. The van der Waals surface area contributed by atoms with Crippen LogP contribution in [0.4, 0.5) is 5.82 Å². The maximum Gasteiger partial charge on any atom is 0.194 e. The van der Waals surface area contributed by atoms with Crippen molar-refractivity contribution in [3.63, 3.8) is 0 Å². The lowest BCUT2D eigenvalue weighted by Gasteiger charge is -2.11. The molecule has 110 valence electrons. The van der Waals surface area contributed by atoms with Crippen LogP contribution in [-0.4, -0.2) is 28.0 Å². The van der Waals surface area contributed by atoms with Crippen LogP contribution in [-0.2, 0) is 0 Å². The minimum Gasteiger partial charge on any atom is -0.504 e. The summed E-state index contributed by atoms with van der Waals surface area (Å²) in [4.78, 5) is 8.03. The van der Waals surface area contributed by atoms with E-state index in [0.29, 0.717) is 22.4 Å². The molecule has 0 spiro atoms. The third kappa shape index (κ3) is 3.54. The maximum atomic E-state index is 10.2. The molecule has 2 rings (SSSR count). The van der Waals surface area contributed by atoms with E-state index in [1.54, 1.807) is 12.1 Å². The van der Waals surface area contributed by atoms with Gasteiger partial charge in [-0.2, -0.15) is 0 Å². The van der Waals surface area contributed by atoms with Gasteiger partial charge in [-0.3, -0.25) is 0 Å². The molecular weight excluding hydrogens is 404 g/mol. The van der Waals surface area contributed by atoms with E-state index in [4.69, 9.17) is 4.74 Å². The average Bonchev–Trinajstić information content (AvgIpc) is 2.46. The van der Waals surface area contributed by atoms with E-state index in [0.717, 1.165) is 4.47 Å². The van der Waals surface area contributed by atoms with Crippen molar-refractivity contribution in [2.75, 3.05) is 6.61 Å². The van der Waals surface area contributed by atoms with Crippen LogP contribution in [0.25, 0.3) is 0 Å². The number of hydrogen-bond acceptors (Lipinski definition) is 5. The first-order valence-electron chi connectivity index (χ1n) is 6.06. The number of ether oxygens (including phenoxy) is 1. The van der Waals surface area contributed by atoms with E-state index in [1.807, 2.05) is 6.92 Å². The van der Waals surface area contributed by atoms with E-state index >= 15 is 0 Å². The summed E-state index contributed by atoms with van der Waals surface area (Å²) in [5.74, 6) is 0.441. The van der Waals surface area contributed by atoms with Crippen LogP contribution in [0.2, 0.25) is 0 Å². The Morgan fingerprint density at radius 1 is 1.38 bits per heavy atom. The van der Waals surface area contributed by atoms with Gasteiger partial charge in [0.2, 0.25) is 0 Å². The van der Waals surface area contributed by atoms with Gasteiger partial charge in [0.15, 0.2) is 23.1 Å². The first-order valence-corrected chi connectivity index (χ1v) is 7.65. The number of halogens is 2. The molecule has 2 aromatic rings. The Kier molecular flexibility index (Phi) is 5.19. The lowest BCUT2D eigenvalue weighted by Crippen LogP contribution is -1.96. The number of benzene rings is 1. The van der Waals surface area contributed by atoms with E-state index in [9.17, 15) is 10.2 Å². The second-order valence-electron chi connectivity index (χ2n) is 3.97. The summed E-state index contributed by atoms with van der Waals surface area (Å²) in [5.41, 5.74) is 0.429. The molecule has 0 saturated heterocycles. The number of aromatic hydroxyl groups is 2. The van der Waals surface area contributed by atoms with Crippen molar-refractivity contribution in [3.8, 4) is 17.2 Å². The number of rotatable bonds is 4. The molecule has 1 heterocycles. The second kappa shape index (κ2) is 6.91. The van der Waals surface area contributed by atoms with Crippen molar-refractivity contribution in [1.29, 1.82) is 0 Å². The lowest BCUT2D eigenvalue weighted by atomic mass is 10.2. The summed E-state index contributed by atoms with van der Waals surface area (Å²) in [6, 6.07) is 4.76. The van der Waals surface area contributed by atoms with Gasteiger partial charge in [-0.25, -0.2) is 9.98 Å². The number of pyridine rings is 1. The molecule has 0 bridgehead atoms. The van der Waals surface area contributed by atoms with Gasteiger partial charge < -0.3 is 14.9 Å². The molecule has 7 heteroatoms. The minimum absolute atomic E-state index is 0.0360. The predicted molar refractivity (Wildman–Crippen MR) is 87.8 cm³/mol. The number of phenols is 1. The van der Waals surface area contributed by atoms with Crippen molar-refractivity contribution in [1.82, 2.24) is 4.98 Å². The zero-order valence-electron chi connectivity index (χ0n) is 11.0. The van der Waals surface area contributed by atoms with Gasteiger partial charge in [0.05, 0.1) is 12.2 Å². The van der Waals surface area contributed by atoms with E-state index < -0.39 is 0 Å². The van der Waals surface area contributed by atoms with Gasteiger partial charge in [0.25, 0.3) is 0 Å². The van der Waals surface area contributed by atoms with Crippen molar-refractivity contribution in [2.24, 2.45) is 4.99 Å². The van der Waals surface area contributed by atoms with Gasteiger partial charge in [0, 0.05) is 21.4 Å². The minimum atomic E-state index is -0.0376. The highest BCUT2D eigenvalue weighted by atomic mass is 79.9. The fourth-order valence-corrected chi connectivity index (χ4v) is 2.44. The number of hydrogen-bond donors (Lipinski definition) is 2. The summed E-state index contributed by atoms with van der Waals surface area (Å²) >= 11 is 6.75. The van der Waals surface area contributed by atoms with Crippen LogP contribution in [0.1, 0.15) is 12.5 Å². The third-order valence-electron chi connectivity index (χ3n) is 2.57. The number of aliphatic imine (C=N–C) groups is 1. The van der Waals surface area contributed by atoms with Gasteiger partial charge in [-0.1, -0.05) is 0 Å². The highest BCUT2D eigenvalue weighted by molar-refractivity contribution is 9.13. The van der Waals surface area contributed by atoms with Crippen LogP contribution in [0.15, 0.2) is 38.3 Å². The molecule has 0 unspecified atom stereocenters. The van der Waals surface area contributed by atoms with Crippen molar-refractivity contribution in [3.05, 3.63) is 38.9 Å². The Balaban J connectivity index is 2.46. The molecule has 21 heavy (non-hydrogen) atoms. The first-order chi connectivity index (χ1) is 10.0. The molecular formula is C14H12Br2N2O3. The van der Waals surface area contributed by atoms with Crippen molar-refractivity contribution in [2.45, 2.75) is 6.92 Å². The van der Waals surface area contributed by atoms with E-state index in [-0.39, 0.29) is 17.3 Å². The summed E-state index contributed by atoms with van der Waals surface area (Å²) in [7, 11) is 0. The first kappa shape index (κ1) is 15.8. The SMILES string of the molecule is CCOc1cc(Br)c(Br)c(/C=N/c2ncccc2O)c1O. The molecule has 0 aliphatic carbocycles. The van der Waals surface area contributed by atoms with E-state index in [2.05, 4.69) is 41.8 Å². The number of aromatic nitrogens is 1. The molecule has 0 fully saturated rings. The Hall–Kier alpha value is -1.60. The zero-order valence-corrected chi connectivity index (χ0v) is 14.2. The summed E-state index contributed by atoms with van der Waals surface area (Å²) in [6.07, 6.45) is 2.93.